The number of nitrogens with two attached hydrogens (primary N) is 1. The van der Waals surface area contributed by atoms with E-state index in [2.05, 4.69) is 9.46 Å². The molecule has 6 nitrogen and oxygen atoms in total. The van der Waals surface area contributed by atoms with E-state index >= 15 is 0 Å². The summed E-state index contributed by atoms with van der Waals surface area (Å²) < 4.78 is 31.6. The number of sulfonamides is 1. The minimum atomic E-state index is -3.75. The van der Waals surface area contributed by atoms with Crippen molar-refractivity contribution in [3.05, 3.63) is 29.8 Å². The van der Waals surface area contributed by atoms with E-state index in [1.54, 1.807) is 12.1 Å². The summed E-state index contributed by atoms with van der Waals surface area (Å²) in [5.41, 5.74) is 6.36. The first-order valence-corrected chi connectivity index (χ1v) is 8.26. The van der Waals surface area contributed by atoms with Gasteiger partial charge in [-0.1, -0.05) is 24.1 Å². The van der Waals surface area contributed by atoms with E-state index < -0.39 is 22.0 Å². The van der Waals surface area contributed by atoms with Crippen LogP contribution in [0.5, 0.6) is 0 Å². The molecule has 0 aliphatic rings. The third kappa shape index (κ3) is 6.31. The summed E-state index contributed by atoms with van der Waals surface area (Å²) in [4.78, 5) is 11.8. The summed E-state index contributed by atoms with van der Waals surface area (Å²) >= 11 is 0. The van der Waals surface area contributed by atoms with Gasteiger partial charge in [0.1, 0.15) is 6.04 Å². The molecule has 0 unspecified atom stereocenters. The molecule has 0 saturated heterocycles. The molecule has 0 amide bonds. The smallest absolute Gasteiger partial charge is 0.323 e. The third-order valence-corrected chi connectivity index (χ3v) is 4.55. The quantitative estimate of drug-likeness (QED) is 0.545. The van der Waals surface area contributed by atoms with Gasteiger partial charge in [0, 0.05) is 0 Å². The highest BCUT2D eigenvalue weighted by molar-refractivity contribution is 7.89. The van der Waals surface area contributed by atoms with Crippen LogP contribution in [-0.4, -0.2) is 34.1 Å². The fourth-order valence-corrected chi connectivity index (χ4v) is 3.05. The molecule has 0 aliphatic carbocycles. The van der Waals surface area contributed by atoms with Crippen LogP contribution in [0.1, 0.15) is 24.8 Å². The zero-order valence-corrected chi connectivity index (χ0v) is 14.4. The number of halogens is 1. The van der Waals surface area contributed by atoms with Gasteiger partial charge in [0.05, 0.1) is 12.0 Å². The Bertz CT molecular complexity index is 561. The van der Waals surface area contributed by atoms with Gasteiger partial charge in [-0.3, -0.25) is 4.79 Å². The topological polar surface area (TPSA) is 98.5 Å². The van der Waals surface area contributed by atoms with Gasteiger partial charge in [0.2, 0.25) is 10.0 Å². The number of carbonyl (C=O) groups is 1. The van der Waals surface area contributed by atoms with Crippen molar-refractivity contribution in [1.82, 2.24) is 4.72 Å². The molecule has 0 spiro atoms. The van der Waals surface area contributed by atoms with Crippen LogP contribution in [0.15, 0.2) is 29.2 Å². The summed E-state index contributed by atoms with van der Waals surface area (Å²) in [6, 6.07) is 5.53. The van der Waals surface area contributed by atoms with Crippen molar-refractivity contribution in [3.63, 3.8) is 0 Å². The van der Waals surface area contributed by atoms with Crippen LogP contribution in [-0.2, 0) is 19.6 Å². The summed E-state index contributed by atoms with van der Waals surface area (Å²) in [6.45, 7) is 2.37. The third-order valence-electron chi connectivity index (χ3n) is 3.06. The minimum absolute atomic E-state index is 0. The molecule has 126 valence electrons. The molecule has 1 atom stereocenters. The zero-order valence-electron chi connectivity index (χ0n) is 12.7. The van der Waals surface area contributed by atoms with Crippen LogP contribution < -0.4 is 10.5 Å². The molecule has 1 aromatic carbocycles. The molecule has 8 heteroatoms. The Balaban J connectivity index is 0.00000441. The number of benzene rings is 1. The van der Waals surface area contributed by atoms with Crippen molar-refractivity contribution in [1.29, 1.82) is 0 Å². The number of methoxy groups -OCH3 is 1. The van der Waals surface area contributed by atoms with E-state index in [1.165, 1.54) is 19.2 Å². The predicted molar refractivity (Wildman–Crippen MR) is 87.5 cm³/mol. The molecule has 3 N–H and O–H groups in total. The number of carbonyl (C=O) groups excluding carboxylic acids is 1. The van der Waals surface area contributed by atoms with Gasteiger partial charge >= 0.3 is 5.97 Å². The summed E-state index contributed by atoms with van der Waals surface area (Å²) in [5.74, 6) is -0.595. The van der Waals surface area contributed by atoms with Gasteiger partial charge in [-0.2, -0.15) is 4.72 Å². The Hall–Kier alpha value is -1.15. The molecule has 1 aromatic rings. The highest BCUT2D eigenvalue weighted by atomic mass is 35.5. The van der Waals surface area contributed by atoms with Crippen molar-refractivity contribution in [2.24, 2.45) is 5.73 Å². The predicted octanol–water partition coefficient (Wildman–Crippen LogP) is 1.37. The SMILES string of the molecule is COC(=O)[C@H](CCCCN)NS(=O)(=O)c1ccc(C)cc1.Cl. The Kier molecular flexibility index (Phi) is 9.27. The lowest BCUT2D eigenvalue weighted by atomic mass is 10.1. The number of nitrogens with one attached hydrogen (secondary N) is 1. The van der Waals surface area contributed by atoms with E-state index in [0.717, 1.165) is 12.0 Å². The fraction of sp³-hybridized carbons (Fsp3) is 0.500. The number of rotatable bonds is 8. The van der Waals surface area contributed by atoms with Crippen LogP contribution in [0.4, 0.5) is 0 Å². The van der Waals surface area contributed by atoms with E-state index in [4.69, 9.17) is 5.73 Å². The zero-order chi connectivity index (χ0) is 15.9. The molecule has 1 rings (SSSR count). The lowest BCUT2D eigenvalue weighted by Crippen LogP contribution is -2.41. The monoisotopic (exact) mass is 350 g/mol. The van der Waals surface area contributed by atoms with Crippen molar-refractivity contribution in [2.45, 2.75) is 37.1 Å². The highest BCUT2D eigenvalue weighted by Gasteiger charge is 2.25. The van der Waals surface area contributed by atoms with Crippen molar-refractivity contribution in [2.75, 3.05) is 13.7 Å². The van der Waals surface area contributed by atoms with E-state index in [1.807, 2.05) is 6.92 Å². The number of unbranched alkanes of at least 4 members (excludes halogenated alkanes) is 1. The lowest BCUT2D eigenvalue weighted by Gasteiger charge is -2.16. The summed E-state index contributed by atoms with van der Waals surface area (Å²) in [6.07, 6.45) is 1.72. The number of esters is 1. The largest absolute Gasteiger partial charge is 0.468 e. The van der Waals surface area contributed by atoms with E-state index in [-0.39, 0.29) is 17.3 Å². The Morgan fingerprint density at radius 2 is 1.86 bits per heavy atom. The molecular formula is C14H23ClN2O4S. The number of hydrogen-bond acceptors (Lipinski definition) is 5. The van der Waals surface area contributed by atoms with Crippen molar-refractivity contribution in [3.8, 4) is 0 Å². The second kappa shape index (κ2) is 9.78. The molecule has 0 radical (unpaired) electrons. The van der Waals surface area contributed by atoms with Crippen LogP contribution in [0, 0.1) is 6.92 Å². The first-order valence-electron chi connectivity index (χ1n) is 6.77. The second-order valence-electron chi connectivity index (χ2n) is 4.79. The maximum absolute atomic E-state index is 12.3. The van der Waals surface area contributed by atoms with Crippen LogP contribution in [0.3, 0.4) is 0 Å². The molecule has 0 aliphatic heterocycles. The average Bonchev–Trinajstić information content (AvgIpc) is 2.46. The normalized spacial score (nSPS) is 12.3. The van der Waals surface area contributed by atoms with Crippen molar-refractivity contribution >= 4 is 28.4 Å². The maximum Gasteiger partial charge on any atom is 0.323 e. The second-order valence-corrected chi connectivity index (χ2v) is 6.51. The average molecular weight is 351 g/mol. The van der Waals surface area contributed by atoms with Crippen LogP contribution in [0.25, 0.3) is 0 Å². The Morgan fingerprint density at radius 3 is 2.36 bits per heavy atom. The van der Waals surface area contributed by atoms with Gasteiger partial charge in [-0.25, -0.2) is 8.42 Å². The lowest BCUT2D eigenvalue weighted by molar-refractivity contribution is -0.142. The van der Waals surface area contributed by atoms with Gasteiger partial charge in [0.15, 0.2) is 0 Å². The molecule has 22 heavy (non-hydrogen) atoms. The van der Waals surface area contributed by atoms with Gasteiger partial charge in [0.25, 0.3) is 0 Å². The van der Waals surface area contributed by atoms with Gasteiger partial charge in [-0.05, 0) is 38.4 Å². The van der Waals surface area contributed by atoms with Crippen molar-refractivity contribution < 1.29 is 17.9 Å². The molecule has 0 fully saturated rings. The van der Waals surface area contributed by atoms with E-state index in [9.17, 15) is 13.2 Å². The molecule has 0 bridgehead atoms. The maximum atomic E-state index is 12.3. The molecule has 0 aromatic heterocycles. The Labute approximate surface area is 137 Å². The number of aryl methyl sites for hydroxylation is 1. The first-order chi connectivity index (χ1) is 9.90. The summed E-state index contributed by atoms with van der Waals surface area (Å²) in [5, 5.41) is 0. The van der Waals surface area contributed by atoms with E-state index in [0.29, 0.717) is 19.4 Å². The number of hydrogen-bond donors (Lipinski definition) is 2. The van der Waals surface area contributed by atoms with Gasteiger partial charge < -0.3 is 10.5 Å². The fourth-order valence-electron chi connectivity index (χ4n) is 1.83. The first kappa shape index (κ1) is 20.9. The molecular weight excluding hydrogens is 328 g/mol. The number of ether oxygens (including phenoxy) is 1. The Morgan fingerprint density at radius 1 is 1.27 bits per heavy atom. The summed E-state index contributed by atoms with van der Waals surface area (Å²) in [7, 11) is -2.52. The standard InChI is InChI=1S/C14H22N2O4S.ClH/c1-11-6-8-12(9-7-11)21(18,19)16-13(14(17)20-2)5-3-4-10-15;/h6-9,13,16H,3-5,10,15H2,1-2H3;1H/t13-;/m0./s1. The van der Waals surface area contributed by atoms with Gasteiger partial charge in [-0.15, -0.1) is 12.4 Å². The highest BCUT2D eigenvalue weighted by Crippen LogP contribution is 2.12. The van der Waals surface area contributed by atoms with Crippen LogP contribution in [0.2, 0.25) is 0 Å². The molecule has 0 heterocycles. The minimum Gasteiger partial charge on any atom is -0.468 e. The molecule has 0 saturated carbocycles. The van der Waals surface area contributed by atoms with Crippen LogP contribution >= 0.6 is 12.4 Å².